The fourth-order valence-electron chi connectivity index (χ4n) is 0.701. The third-order valence-corrected chi connectivity index (χ3v) is 2.11. The molecule has 84 valence electrons. The van der Waals surface area contributed by atoms with Crippen LogP contribution >= 0.6 is 25.3 Å². The molecule has 0 fully saturated rings. The van der Waals surface area contributed by atoms with E-state index in [1.807, 2.05) is 6.92 Å². The van der Waals surface area contributed by atoms with Gasteiger partial charge in [0.05, 0.1) is 0 Å². The lowest BCUT2D eigenvalue weighted by molar-refractivity contribution is -0.108. The minimum absolute atomic E-state index is 0.225. The summed E-state index contributed by atoms with van der Waals surface area (Å²) in [7, 11) is 0. The zero-order valence-electron chi connectivity index (χ0n) is 8.85. The van der Waals surface area contributed by atoms with Crippen molar-refractivity contribution in [1.29, 1.82) is 0 Å². The Kier molecular flexibility index (Phi) is 15.3. The number of rotatable bonds is 6. The Bertz CT molecular complexity index is 138. The zero-order chi connectivity index (χ0) is 11.4. The second-order valence-corrected chi connectivity index (χ2v) is 4.71. The molecule has 4 heteroatoms. The van der Waals surface area contributed by atoms with Crippen LogP contribution in [0.2, 0.25) is 0 Å². The van der Waals surface area contributed by atoms with Crippen molar-refractivity contribution in [2.45, 2.75) is 50.0 Å². The van der Waals surface area contributed by atoms with Crippen LogP contribution in [0.3, 0.4) is 0 Å². The minimum Gasteiger partial charge on any atom is -0.303 e. The largest absolute Gasteiger partial charge is 0.303 e. The lowest BCUT2D eigenvalue weighted by atomic mass is 10.2. The molecule has 0 aromatic carbocycles. The van der Waals surface area contributed by atoms with Crippen LogP contribution < -0.4 is 0 Å². The van der Waals surface area contributed by atoms with E-state index in [4.69, 9.17) is 0 Å². The monoisotopic (exact) mass is 236 g/mol. The molecule has 2 atom stereocenters. The molecule has 0 aliphatic carbocycles. The first-order valence-corrected chi connectivity index (χ1v) is 5.85. The Morgan fingerprint density at radius 2 is 1.64 bits per heavy atom. The Hall–Kier alpha value is 0.0400. The summed E-state index contributed by atoms with van der Waals surface area (Å²) >= 11 is 8.11. The average Bonchev–Trinajstić information content (AvgIpc) is 2.05. The lowest BCUT2D eigenvalue weighted by Gasteiger charge is -2.00. The molecular formula is C10H20O2S2. The van der Waals surface area contributed by atoms with Gasteiger partial charge in [0.1, 0.15) is 12.6 Å². The van der Waals surface area contributed by atoms with E-state index < -0.39 is 0 Å². The fourth-order valence-corrected chi connectivity index (χ4v) is 1.13. The molecular weight excluding hydrogens is 216 g/mol. The maximum absolute atomic E-state index is 9.84. The first-order chi connectivity index (χ1) is 6.58. The van der Waals surface area contributed by atoms with Crippen LogP contribution in [0.1, 0.15) is 39.5 Å². The van der Waals surface area contributed by atoms with Gasteiger partial charge in [0, 0.05) is 23.3 Å². The van der Waals surface area contributed by atoms with Crippen molar-refractivity contribution in [3.05, 3.63) is 0 Å². The first kappa shape index (κ1) is 16.5. The molecule has 0 aliphatic heterocycles. The van der Waals surface area contributed by atoms with E-state index in [9.17, 15) is 9.59 Å². The number of carbonyl (C=O) groups is 2. The Morgan fingerprint density at radius 3 is 1.86 bits per heavy atom. The Labute approximate surface area is 97.7 Å². The lowest BCUT2D eigenvalue weighted by Crippen LogP contribution is -1.97. The molecule has 0 aromatic rings. The number of thiol groups is 2. The quantitative estimate of drug-likeness (QED) is 0.549. The van der Waals surface area contributed by atoms with E-state index in [2.05, 4.69) is 32.2 Å². The van der Waals surface area contributed by atoms with E-state index >= 15 is 0 Å². The second-order valence-electron chi connectivity index (χ2n) is 3.10. The summed E-state index contributed by atoms with van der Waals surface area (Å²) in [6.07, 6.45) is 5.11. The van der Waals surface area contributed by atoms with Gasteiger partial charge in [0.2, 0.25) is 0 Å². The summed E-state index contributed by atoms with van der Waals surface area (Å²) in [4.78, 5) is 19.4. The van der Waals surface area contributed by atoms with Crippen molar-refractivity contribution in [3.63, 3.8) is 0 Å². The van der Waals surface area contributed by atoms with Gasteiger partial charge in [-0.15, -0.1) is 0 Å². The molecule has 0 aliphatic rings. The van der Waals surface area contributed by atoms with Gasteiger partial charge in [-0.25, -0.2) is 0 Å². The normalized spacial score (nSPS) is 13.4. The van der Waals surface area contributed by atoms with Crippen molar-refractivity contribution in [2.24, 2.45) is 0 Å². The van der Waals surface area contributed by atoms with Crippen LogP contribution in [0, 0.1) is 0 Å². The van der Waals surface area contributed by atoms with Crippen LogP contribution in [0.25, 0.3) is 0 Å². The van der Waals surface area contributed by atoms with Crippen LogP contribution in [0.4, 0.5) is 0 Å². The van der Waals surface area contributed by atoms with Gasteiger partial charge in [0.25, 0.3) is 0 Å². The zero-order valence-corrected chi connectivity index (χ0v) is 10.6. The van der Waals surface area contributed by atoms with Gasteiger partial charge in [-0.05, 0) is 6.42 Å². The van der Waals surface area contributed by atoms with Crippen molar-refractivity contribution >= 4 is 37.8 Å². The summed E-state index contributed by atoms with van der Waals surface area (Å²) in [5.74, 6) is 0. The van der Waals surface area contributed by atoms with Crippen LogP contribution in [-0.4, -0.2) is 23.1 Å². The molecule has 0 N–H and O–H groups in total. The molecule has 0 amide bonds. The van der Waals surface area contributed by atoms with Crippen LogP contribution in [0.5, 0.6) is 0 Å². The predicted molar refractivity (Wildman–Crippen MR) is 67.5 cm³/mol. The van der Waals surface area contributed by atoms with Gasteiger partial charge < -0.3 is 9.59 Å². The smallest absolute Gasteiger partial charge is 0.121 e. The fraction of sp³-hybridized carbons (Fsp3) is 0.800. The highest BCUT2D eigenvalue weighted by Crippen LogP contribution is 2.05. The third-order valence-electron chi connectivity index (χ3n) is 1.43. The maximum atomic E-state index is 9.84. The topological polar surface area (TPSA) is 34.1 Å². The molecule has 0 bridgehead atoms. The second kappa shape index (κ2) is 13.0. The average molecular weight is 236 g/mol. The number of hydrogen-bond acceptors (Lipinski definition) is 4. The SMILES string of the molecule is CC(S)CC=O.CCCC(S)CC=O. The summed E-state index contributed by atoms with van der Waals surface area (Å²) < 4.78 is 0. The van der Waals surface area contributed by atoms with Gasteiger partial charge in [-0.2, -0.15) is 25.3 Å². The standard InChI is InChI=1S/C6H12OS.C4H8OS/c1-2-3-6(8)4-5-7;1-4(6)2-3-5/h5-6,8H,2-4H2,1H3;3-4,6H,2H2,1H3. The van der Waals surface area contributed by atoms with Crippen LogP contribution in [0.15, 0.2) is 0 Å². The van der Waals surface area contributed by atoms with Crippen LogP contribution in [-0.2, 0) is 9.59 Å². The van der Waals surface area contributed by atoms with E-state index in [-0.39, 0.29) is 10.5 Å². The molecule has 14 heavy (non-hydrogen) atoms. The molecule has 0 heterocycles. The van der Waals surface area contributed by atoms with Gasteiger partial charge >= 0.3 is 0 Å². The predicted octanol–water partition coefficient (Wildman–Crippen LogP) is 2.57. The molecule has 0 aromatic heterocycles. The van der Waals surface area contributed by atoms with Crippen molar-refractivity contribution in [2.75, 3.05) is 0 Å². The molecule has 0 saturated carbocycles. The van der Waals surface area contributed by atoms with Crippen molar-refractivity contribution in [1.82, 2.24) is 0 Å². The summed E-state index contributed by atoms with van der Waals surface area (Å²) in [6, 6.07) is 0. The van der Waals surface area contributed by atoms with E-state index in [0.717, 1.165) is 25.4 Å². The molecule has 0 saturated heterocycles. The maximum Gasteiger partial charge on any atom is 0.121 e. The van der Waals surface area contributed by atoms with E-state index in [1.54, 1.807) is 0 Å². The number of hydrogen-bond donors (Lipinski definition) is 2. The highest BCUT2D eigenvalue weighted by atomic mass is 32.1. The van der Waals surface area contributed by atoms with Gasteiger partial charge in [-0.3, -0.25) is 0 Å². The van der Waals surface area contributed by atoms with Gasteiger partial charge in [0.15, 0.2) is 0 Å². The molecule has 2 nitrogen and oxygen atoms in total. The molecule has 2 unspecified atom stereocenters. The Morgan fingerprint density at radius 1 is 1.14 bits per heavy atom. The summed E-state index contributed by atoms with van der Waals surface area (Å²) in [6.45, 7) is 3.98. The van der Waals surface area contributed by atoms with Crippen molar-refractivity contribution in [3.8, 4) is 0 Å². The van der Waals surface area contributed by atoms with E-state index in [0.29, 0.717) is 12.8 Å². The van der Waals surface area contributed by atoms with Gasteiger partial charge in [-0.1, -0.05) is 20.3 Å². The van der Waals surface area contributed by atoms with Crippen molar-refractivity contribution < 1.29 is 9.59 Å². The molecule has 0 radical (unpaired) electrons. The molecule has 0 rings (SSSR count). The number of carbonyl (C=O) groups excluding carboxylic acids is 2. The number of aldehydes is 2. The highest BCUT2D eigenvalue weighted by Gasteiger charge is 1.97. The summed E-state index contributed by atoms with van der Waals surface area (Å²) in [5, 5.41) is 0.514. The highest BCUT2D eigenvalue weighted by molar-refractivity contribution is 7.81. The first-order valence-electron chi connectivity index (χ1n) is 4.81. The summed E-state index contributed by atoms with van der Waals surface area (Å²) in [5.41, 5.74) is 0. The minimum atomic E-state index is 0.225. The Balaban J connectivity index is 0. The van der Waals surface area contributed by atoms with E-state index in [1.165, 1.54) is 0 Å². The molecule has 0 spiro atoms. The third kappa shape index (κ3) is 18.0.